The molecule has 13 heteroatoms. The van der Waals surface area contributed by atoms with E-state index in [9.17, 15) is 22.8 Å². The van der Waals surface area contributed by atoms with Gasteiger partial charge < -0.3 is 20.7 Å². The number of nitrogens with zero attached hydrogens (tertiary/aromatic N) is 5. The van der Waals surface area contributed by atoms with E-state index in [1.807, 2.05) is 20.8 Å². The van der Waals surface area contributed by atoms with Crippen molar-refractivity contribution in [1.82, 2.24) is 24.6 Å². The molecule has 0 saturated carbocycles. The van der Waals surface area contributed by atoms with Crippen molar-refractivity contribution in [3.8, 4) is 0 Å². The van der Waals surface area contributed by atoms with Crippen LogP contribution in [0, 0.1) is 0 Å². The number of rotatable bonds is 8. The van der Waals surface area contributed by atoms with Gasteiger partial charge in [-0.3, -0.25) is 9.48 Å². The largest absolute Gasteiger partial charge is 0.444 e. The number of carbonyl (C=O) groups is 2. The van der Waals surface area contributed by atoms with Crippen LogP contribution in [-0.4, -0.2) is 55.3 Å². The minimum atomic E-state index is -4.63. The Morgan fingerprint density at radius 3 is 2.45 bits per heavy atom. The summed E-state index contributed by atoms with van der Waals surface area (Å²) >= 11 is 0. The zero-order valence-corrected chi connectivity index (χ0v) is 24.1. The first-order chi connectivity index (χ1) is 19.7. The van der Waals surface area contributed by atoms with Gasteiger partial charge in [0.15, 0.2) is 0 Å². The average molecular weight is 588 g/mol. The summed E-state index contributed by atoms with van der Waals surface area (Å²) in [6.07, 6.45) is 0.668. The number of nitrogens with one attached hydrogen (secondary N) is 1. The number of hydrogen-bond acceptors (Lipinski definition) is 7. The van der Waals surface area contributed by atoms with Crippen LogP contribution in [0.1, 0.15) is 74.9 Å². The smallest absolute Gasteiger partial charge is 0.419 e. The Balaban J connectivity index is 1.45. The van der Waals surface area contributed by atoms with E-state index in [-0.39, 0.29) is 36.6 Å². The fourth-order valence-corrected chi connectivity index (χ4v) is 4.87. The van der Waals surface area contributed by atoms with Crippen LogP contribution in [0.25, 0.3) is 0 Å². The normalized spacial score (nSPS) is 15.4. The minimum Gasteiger partial charge on any atom is -0.444 e. The van der Waals surface area contributed by atoms with Crippen molar-refractivity contribution >= 4 is 23.6 Å². The number of benzene rings is 1. The predicted molar refractivity (Wildman–Crippen MR) is 150 cm³/mol. The molecule has 0 bridgehead atoms. The third kappa shape index (κ3) is 7.77. The van der Waals surface area contributed by atoms with Crippen molar-refractivity contribution in [3.63, 3.8) is 0 Å². The molecule has 1 aliphatic heterocycles. The van der Waals surface area contributed by atoms with Gasteiger partial charge in [-0.2, -0.15) is 18.3 Å². The number of aryl methyl sites for hydroxylation is 2. The van der Waals surface area contributed by atoms with Crippen LogP contribution in [0.15, 0.2) is 42.9 Å². The van der Waals surface area contributed by atoms with E-state index in [1.54, 1.807) is 53.2 Å². The van der Waals surface area contributed by atoms with Gasteiger partial charge in [-0.15, -0.1) is 0 Å². The molecule has 42 heavy (non-hydrogen) atoms. The summed E-state index contributed by atoms with van der Waals surface area (Å²) in [4.78, 5) is 33.9. The highest BCUT2D eigenvalue weighted by Crippen LogP contribution is 2.33. The quantitative estimate of drug-likeness (QED) is 0.362. The number of carbonyl (C=O) groups excluding carboxylic acids is 2. The van der Waals surface area contributed by atoms with E-state index in [2.05, 4.69) is 20.4 Å². The van der Waals surface area contributed by atoms with Gasteiger partial charge in [-0.25, -0.2) is 14.8 Å². The number of likely N-dealkylation sites (tertiary alicyclic amines) is 1. The summed E-state index contributed by atoms with van der Waals surface area (Å²) in [7, 11) is 0. The van der Waals surface area contributed by atoms with Crippen LogP contribution in [0.3, 0.4) is 0 Å². The Labute approximate surface area is 242 Å². The van der Waals surface area contributed by atoms with Gasteiger partial charge >= 0.3 is 12.3 Å². The molecule has 0 radical (unpaired) electrons. The topological polar surface area (TPSA) is 128 Å². The van der Waals surface area contributed by atoms with Crippen molar-refractivity contribution in [2.24, 2.45) is 5.73 Å². The van der Waals surface area contributed by atoms with Crippen LogP contribution < -0.4 is 11.1 Å². The van der Waals surface area contributed by atoms with Crippen LogP contribution in [0.2, 0.25) is 0 Å². The number of aromatic nitrogens is 4. The first-order valence-corrected chi connectivity index (χ1v) is 13.8. The van der Waals surface area contributed by atoms with Gasteiger partial charge in [0.25, 0.3) is 0 Å². The maximum Gasteiger partial charge on any atom is 0.419 e. The fraction of sp³-hybridized carbons (Fsp3) is 0.483. The second-order valence-corrected chi connectivity index (χ2v) is 11.4. The Hall–Kier alpha value is -4.16. The molecule has 0 aliphatic carbocycles. The second kappa shape index (κ2) is 12.4. The summed E-state index contributed by atoms with van der Waals surface area (Å²) in [6, 6.07) is 7.10. The third-order valence-corrected chi connectivity index (χ3v) is 7.10. The SMILES string of the molecule is CC(C(N)=O)c1ccccc1CCc1nc(Nc2cnn(C3CCN(C(=O)OC(C)(C)C)CC3)c2)ncc1C(F)(F)F. The lowest BCUT2D eigenvalue weighted by Gasteiger charge is -2.33. The van der Waals surface area contributed by atoms with E-state index >= 15 is 0 Å². The van der Waals surface area contributed by atoms with Gasteiger partial charge in [0.2, 0.25) is 11.9 Å². The molecule has 10 nitrogen and oxygen atoms in total. The number of ether oxygens (including phenoxy) is 1. The van der Waals surface area contributed by atoms with Crippen molar-refractivity contribution in [3.05, 3.63) is 65.2 Å². The maximum atomic E-state index is 13.8. The van der Waals surface area contributed by atoms with Gasteiger partial charge in [0.05, 0.1) is 35.1 Å². The highest BCUT2D eigenvalue weighted by atomic mass is 19.4. The maximum absolute atomic E-state index is 13.8. The second-order valence-electron chi connectivity index (χ2n) is 11.4. The Morgan fingerprint density at radius 1 is 1.12 bits per heavy atom. The molecule has 226 valence electrons. The number of anilines is 2. The number of hydrogen-bond donors (Lipinski definition) is 2. The molecule has 1 unspecified atom stereocenters. The Kier molecular flexibility index (Phi) is 9.07. The number of alkyl halides is 3. The van der Waals surface area contributed by atoms with Gasteiger partial charge in [-0.1, -0.05) is 24.3 Å². The number of halogens is 3. The van der Waals surface area contributed by atoms with E-state index in [0.29, 0.717) is 37.2 Å². The number of amides is 2. The molecule has 3 aromatic rings. The minimum absolute atomic E-state index is 0.0103. The standard InChI is InChI=1S/C29H36F3N7O3/c1-18(25(33)40)22-8-6-5-7-19(22)9-10-24-23(29(30,31)32)16-34-26(37-24)36-20-15-35-39(17-20)21-11-13-38(14-12-21)27(41)42-28(2,3)4/h5-8,15-18,21H,9-14H2,1-4H3,(H2,33,40)(H,34,36,37). The Morgan fingerprint density at radius 2 is 1.81 bits per heavy atom. The van der Waals surface area contributed by atoms with Crippen molar-refractivity contribution in [2.75, 3.05) is 18.4 Å². The van der Waals surface area contributed by atoms with E-state index in [1.165, 1.54) is 0 Å². The average Bonchev–Trinajstić information content (AvgIpc) is 3.38. The number of nitrogens with two attached hydrogens (primary N) is 1. The molecular formula is C29H36F3N7O3. The summed E-state index contributed by atoms with van der Waals surface area (Å²) in [5.74, 6) is -1.08. The molecule has 1 aliphatic rings. The zero-order chi connectivity index (χ0) is 30.7. The van der Waals surface area contributed by atoms with E-state index in [0.717, 1.165) is 11.8 Å². The van der Waals surface area contributed by atoms with Crippen LogP contribution in [0.5, 0.6) is 0 Å². The highest BCUT2D eigenvalue weighted by molar-refractivity contribution is 5.81. The van der Waals surface area contributed by atoms with Gasteiger partial charge in [0.1, 0.15) is 5.60 Å². The summed E-state index contributed by atoms with van der Waals surface area (Å²) in [6.45, 7) is 8.19. The zero-order valence-electron chi connectivity index (χ0n) is 24.1. The Bertz CT molecular complexity index is 1410. The van der Waals surface area contributed by atoms with Crippen LogP contribution in [-0.2, 0) is 28.5 Å². The lowest BCUT2D eigenvalue weighted by atomic mass is 9.92. The van der Waals surface area contributed by atoms with E-state index in [4.69, 9.17) is 10.5 Å². The molecule has 1 saturated heterocycles. The van der Waals surface area contributed by atoms with Gasteiger partial charge in [0, 0.05) is 25.5 Å². The van der Waals surface area contributed by atoms with Crippen molar-refractivity contribution in [2.45, 2.75) is 77.1 Å². The monoisotopic (exact) mass is 587 g/mol. The van der Waals surface area contributed by atoms with Crippen LogP contribution >= 0.6 is 0 Å². The van der Waals surface area contributed by atoms with Crippen LogP contribution in [0.4, 0.5) is 29.6 Å². The van der Waals surface area contributed by atoms with Crippen molar-refractivity contribution < 1.29 is 27.5 Å². The molecular weight excluding hydrogens is 551 g/mol. The molecule has 1 aromatic carbocycles. The lowest BCUT2D eigenvalue weighted by molar-refractivity contribution is -0.138. The third-order valence-electron chi connectivity index (χ3n) is 7.10. The van der Waals surface area contributed by atoms with Crippen molar-refractivity contribution in [1.29, 1.82) is 0 Å². The number of piperidine rings is 1. The first-order valence-electron chi connectivity index (χ1n) is 13.8. The molecule has 3 N–H and O–H groups in total. The molecule has 1 fully saturated rings. The molecule has 3 heterocycles. The first kappa shape index (κ1) is 30.8. The molecule has 2 aromatic heterocycles. The summed E-state index contributed by atoms with van der Waals surface area (Å²) in [5, 5.41) is 7.37. The molecule has 4 rings (SSSR count). The number of primary amides is 1. The molecule has 2 amide bonds. The van der Waals surface area contributed by atoms with E-state index < -0.39 is 29.2 Å². The molecule has 1 atom stereocenters. The predicted octanol–water partition coefficient (Wildman–Crippen LogP) is 5.38. The molecule has 0 spiro atoms. The summed E-state index contributed by atoms with van der Waals surface area (Å²) < 4.78 is 48.6. The summed E-state index contributed by atoms with van der Waals surface area (Å²) in [5.41, 5.74) is 5.74. The lowest BCUT2D eigenvalue weighted by Crippen LogP contribution is -2.42. The fourth-order valence-electron chi connectivity index (χ4n) is 4.87. The highest BCUT2D eigenvalue weighted by Gasteiger charge is 2.35. The van der Waals surface area contributed by atoms with Gasteiger partial charge in [-0.05, 0) is 64.5 Å².